The van der Waals surface area contributed by atoms with Crippen LogP contribution in [0.5, 0.6) is 5.75 Å². The lowest BCUT2D eigenvalue weighted by Crippen LogP contribution is -2.20. The van der Waals surface area contributed by atoms with Crippen LogP contribution in [-0.2, 0) is 24.4 Å². The number of halogens is 1. The van der Waals surface area contributed by atoms with Crippen molar-refractivity contribution in [3.05, 3.63) is 99.5 Å². The monoisotopic (exact) mass is 492 g/mol. The van der Waals surface area contributed by atoms with Crippen molar-refractivity contribution in [2.75, 3.05) is 5.32 Å². The molecule has 174 valence electrons. The smallest absolute Gasteiger partial charge is 0.246 e. The number of aryl methyl sites for hydroxylation is 1. The Bertz CT molecular complexity index is 1350. The molecular weight excluding hydrogens is 468 g/mol. The van der Waals surface area contributed by atoms with Crippen LogP contribution in [0.25, 0.3) is 5.69 Å². The summed E-state index contributed by atoms with van der Waals surface area (Å²) in [6, 6.07) is 23.0. The quantitative estimate of drug-likeness (QED) is 0.300. The summed E-state index contributed by atoms with van der Waals surface area (Å²) in [6.07, 6.45) is 0.942. The highest BCUT2D eigenvalue weighted by Gasteiger charge is 2.16. The molecule has 8 heteroatoms. The van der Waals surface area contributed by atoms with Gasteiger partial charge in [0.2, 0.25) is 10.7 Å². The van der Waals surface area contributed by atoms with E-state index in [1.807, 2.05) is 60.0 Å². The van der Waals surface area contributed by atoms with Crippen LogP contribution < -0.4 is 10.1 Å². The van der Waals surface area contributed by atoms with Crippen LogP contribution >= 0.6 is 23.8 Å². The third kappa shape index (κ3) is 5.38. The minimum atomic E-state index is -0.247. The Morgan fingerprint density at radius 3 is 2.50 bits per heavy atom. The fourth-order valence-corrected chi connectivity index (χ4v) is 4.01. The van der Waals surface area contributed by atoms with Gasteiger partial charge in [0.1, 0.15) is 18.9 Å². The highest BCUT2D eigenvalue weighted by Crippen LogP contribution is 2.23. The highest BCUT2D eigenvalue weighted by atomic mass is 35.5. The second-order valence-corrected chi connectivity index (χ2v) is 8.55. The van der Waals surface area contributed by atoms with E-state index in [9.17, 15) is 4.79 Å². The fraction of sp³-hybridized carbons (Fsp3) is 0.192. The Morgan fingerprint density at radius 2 is 1.79 bits per heavy atom. The molecule has 0 saturated carbocycles. The molecular formula is C26H25ClN4O2S. The van der Waals surface area contributed by atoms with E-state index in [1.165, 1.54) is 10.2 Å². The summed E-state index contributed by atoms with van der Waals surface area (Å²) in [5, 5.41) is 8.12. The Hall–Kier alpha value is -3.42. The molecule has 1 N–H and O–H groups in total. The van der Waals surface area contributed by atoms with Crippen LogP contribution in [0, 0.1) is 11.7 Å². The van der Waals surface area contributed by atoms with Crippen molar-refractivity contribution in [3.63, 3.8) is 0 Å². The number of para-hydroxylation sites is 1. The number of ether oxygens (including phenoxy) is 1. The normalized spacial score (nSPS) is 10.8. The first-order chi connectivity index (χ1) is 16.5. The summed E-state index contributed by atoms with van der Waals surface area (Å²) in [6.45, 7) is 4.13. The zero-order valence-electron chi connectivity index (χ0n) is 19.0. The Morgan fingerprint density at radius 1 is 1.06 bits per heavy atom. The molecule has 0 aliphatic rings. The van der Waals surface area contributed by atoms with Gasteiger partial charge in [-0.15, -0.1) is 0 Å². The standard InChI is InChI=1S/C26H25ClN4O2S/c1-3-19-12-14-20(15-13-19)31-24(17-33-21-8-5-4-6-9-21)29-30(26(31)34)16-25(32)28-23-11-7-10-22(27)18(23)2/h4-15H,3,16-17H2,1-2H3,(H,28,32). The van der Waals surface area contributed by atoms with Crippen molar-refractivity contribution in [2.24, 2.45) is 0 Å². The van der Waals surface area contributed by atoms with Gasteiger partial charge in [0.05, 0.1) is 0 Å². The van der Waals surface area contributed by atoms with Crippen molar-refractivity contribution in [3.8, 4) is 11.4 Å². The molecule has 0 atom stereocenters. The molecule has 0 bridgehead atoms. The van der Waals surface area contributed by atoms with E-state index in [1.54, 1.807) is 12.1 Å². The van der Waals surface area contributed by atoms with Gasteiger partial charge in [-0.05, 0) is 73.1 Å². The van der Waals surface area contributed by atoms with Gasteiger partial charge in [-0.1, -0.05) is 54.9 Å². The summed E-state index contributed by atoms with van der Waals surface area (Å²) in [7, 11) is 0. The van der Waals surface area contributed by atoms with E-state index in [4.69, 9.17) is 28.6 Å². The van der Waals surface area contributed by atoms with Gasteiger partial charge < -0.3 is 10.1 Å². The maximum atomic E-state index is 12.8. The molecule has 0 unspecified atom stereocenters. The number of nitrogens with zero attached hydrogens (tertiary/aromatic N) is 3. The number of amides is 1. The number of anilines is 1. The zero-order chi connectivity index (χ0) is 24.1. The number of benzene rings is 3. The molecule has 3 aromatic carbocycles. The maximum Gasteiger partial charge on any atom is 0.246 e. The first kappa shape index (κ1) is 23.7. The molecule has 0 radical (unpaired) electrons. The van der Waals surface area contributed by atoms with Crippen molar-refractivity contribution in [2.45, 2.75) is 33.4 Å². The molecule has 0 spiro atoms. The van der Waals surface area contributed by atoms with E-state index in [0.29, 0.717) is 21.3 Å². The highest BCUT2D eigenvalue weighted by molar-refractivity contribution is 7.71. The third-order valence-electron chi connectivity index (χ3n) is 5.46. The zero-order valence-corrected chi connectivity index (χ0v) is 20.6. The topological polar surface area (TPSA) is 61.1 Å². The van der Waals surface area contributed by atoms with Gasteiger partial charge in [0.15, 0.2) is 5.82 Å². The molecule has 1 amide bonds. The Balaban J connectivity index is 1.62. The van der Waals surface area contributed by atoms with Gasteiger partial charge in [-0.25, -0.2) is 4.68 Å². The number of carbonyl (C=O) groups excluding carboxylic acids is 1. The lowest BCUT2D eigenvalue weighted by Gasteiger charge is -2.09. The molecule has 34 heavy (non-hydrogen) atoms. The van der Waals surface area contributed by atoms with Crippen molar-refractivity contribution in [1.82, 2.24) is 14.3 Å². The SMILES string of the molecule is CCc1ccc(-n2c(COc3ccccc3)nn(CC(=O)Nc3cccc(Cl)c3C)c2=S)cc1. The minimum absolute atomic E-state index is 0.0385. The summed E-state index contributed by atoms with van der Waals surface area (Å²) in [5.74, 6) is 1.08. The van der Waals surface area contributed by atoms with Gasteiger partial charge in [-0.3, -0.25) is 9.36 Å². The molecule has 1 aromatic heterocycles. The lowest BCUT2D eigenvalue weighted by molar-refractivity contribution is -0.116. The van der Waals surface area contributed by atoms with Crippen molar-refractivity contribution in [1.29, 1.82) is 0 Å². The number of aromatic nitrogens is 3. The van der Waals surface area contributed by atoms with Crippen molar-refractivity contribution < 1.29 is 9.53 Å². The van der Waals surface area contributed by atoms with E-state index in [-0.39, 0.29) is 19.1 Å². The second kappa shape index (κ2) is 10.7. The van der Waals surface area contributed by atoms with E-state index in [2.05, 4.69) is 29.5 Å². The molecule has 0 saturated heterocycles. The molecule has 1 heterocycles. The number of rotatable bonds is 8. The van der Waals surface area contributed by atoms with Crippen molar-refractivity contribution >= 4 is 35.4 Å². The third-order valence-corrected chi connectivity index (χ3v) is 6.26. The van der Waals surface area contributed by atoms with Gasteiger partial charge >= 0.3 is 0 Å². The molecule has 0 aliphatic carbocycles. The molecule has 4 rings (SSSR count). The summed E-state index contributed by atoms with van der Waals surface area (Å²) >= 11 is 11.9. The average Bonchev–Trinajstić information content (AvgIpc) is 3.16. The predicted octanol–water partition coefficient (Wildman–Crippen LogP) is 6.15. The van der Waals surface area contributed by atoms with Crippen LogP contribution in [0.4, 0.5) is 5.69 Å². The van der Waals surface area contributed by atoms with Crippen LogP contribution in [0.15, 0.2) is 72.8 Å². The second-order valence-electron chi connectivity index (χ2n) is 7.77. The lowest BCUT2D eigenvalue weighted by atomic mass is 10.1. The largest absolute Gasteiger partial charge is 0.486 e. The van der Waals surface area contributed by atoms with Crippen LogP contribution in [-0.4, -0.2) is 20.3 Å². The van der Waals surface area contributed by atoms with Gasteiger partial charge in [0, 0.05) is 16.4 Å². The van der Waals surface area contributed by atoms with E-state index in [0.717, 1.165) is 23.4 Å². The first-order valence-electron chi connectivity index (χ1n) is 11.0. The number of nitrogens with one attached hydrogen (secondary N) is 1. The van der Waals surface area contributed by atoms with Gasteiger partial charge in [0.25, 0.3) is 0 Å². The predicted molar refractivity (Wildman–Crippen MR) is 137 cm³/mol. The molecule has 0 fully saturated rings. The van der Waals surface area contributed by atoms with E-state index >= 15 is 0 Å². The van der Waals surface area contributed by atoms with Crippen LogP contribution in [0.2, 0.25) is 5.02 Å². The first-order valence-corrected chi connectivity index (χ1v) is 11.8. The fourth-order valence-electron chi connectivity index (χ4n) is 3.52. The Kier molecular flexibility index (Phi) is 7.45. The number of hydrogen-bond donors (Lipinski definition) is 1. The summed E-state index contributed by atoms with van der Waals surface area (Å²) in [5.41, 5.74) is 3.55. The molecule has 6 nitrogen and oxygen atoms in total. The molecule has 0 aliphatic heterocycles. The minimum Gasteiger partial charge on any atom is -0.486 e. The number of carbonyl (C=O) groups is 1. The molecule has 4 aromatic rings. The van der Waals surface area contributed by atoms with Gasteiger partial charge in [-0.2, -0.15) is 5.10 Å². The van der Waals surface area contributed by atoms with E-state index < -0.39 is 0 Å². The number of hydrogen-bond acceptors (Lipinski definition) is 4. The average molecular weight is 493 g/mol. The maximum absolute atomic E-state index is 12.8. The Labute approximate surface area is 208 Å². The summed E-state index contributed by atoms with van der Waals surface area (Å²) < 4.78 is 9.71. The van der Waals surface area contributed by atoms with Crippen LogP contribution in [0.1, 0.15) is 23.9 Å². The van der Waals surface area contributed by atoms with Crippen LogP contribution in [0.3, 0.4) is 0 Å². The summed E-state index contributed by atoms with van der Waals surface area (Å²) in [4.78, 5) is 12.8.